The molecule has 0 radical (unpaired) electrons. The summed E-state index contributed by atoms with van der Waals surface area (Å²) >= 11 is 0. The molecule has 4 aromatic rings. The first kappa shape index (κ1) is 20.7. The molecular formula is C28H26N4O2. The van der Waals surface area contributed by atoms with Gasteiger partial charge in [-0.05, 0) is 54.3 Å². The number of para-hydroxylation sites is 1. The minimum atomic E-state index is 0.0174. The van der Waals surface area contributed by atoms with Crippen LogP contribution in [0.4, 0.5) is 5.69 Å². The molecule has 170 valence electrons. The number of benzene rings is 2. The van der Waals surface area contributed by atoms with Gasteiger partial charge >= 0.3 is 0 Å². The third-order valence-corrected chi connectivity index (χ3v) is 7.04. The summed E-state index contributed by atoms with van der Waals surface area (Å²) in [6.45, 7) is 2.53. The molecular weight excluding hydrogens is 424 g/mol. The van der Waals surface area contributed by atoms with Crippen LogP contribution in [0.25, 0.3) is 10.9 Å². The van der Waals surface area contributed by atoms with E-state index in [0.29, 0.717) is 31.9 Å². The summed E-state index contributed by atoms with van der Waals surface area (Å²) in [7, 11) is 0. The maximum atomic E-state index is 13.3. The second-order valence-corrected chi connectivity index (χ2v) is 9.35. The lowest BCUT2D eigenvalue weighted by Crippen LogP contribution is -2.49. The molecule has 2 aromatic heterocycles. The number of hydrogen-bond donors (Lipinski definition) is 1. The number of piperidine rings is 1. The predicted molar refractivity (Wildman–Crippen MR) is 133 cm³/mol. The van der Waals surface area contributed by atoms with Gasteiger partial charge in [-0.1, -0.05) is 36.4 Å². The van der Waals surface area contributed by atoms with Crippen LogP contribution in [0.1, 0.15) is 34.0 Å². The smallest absolute Gasteiger partial charge is 0.274 e. The summed E-state index contributed by atoms with van der Waals surface area (Å²) in [5, 5.41) is 4.41. The van der Waals surface area contributed by atoms with Crippen molar-refractivity contribution in [1.82, 2.24) is 14.5 Å². The Labute approximate surface area is 197 Å². The van der Waals surface area contributed by atoms with Gasteiger partial charge in [0, 0.05) is 54.9 Å². The zero-order valence-corrected chi connectivity index (χ0v) is 18.9. The van der Waals surface area contributed by atoms with E-state index >= 15 is 0 Å². The summed E-state index contributed by atoms with van der Waals surface area (Å²) in [5.74, 6) is 0.552. The molecule has 2 unspecified atom stereocenters. The topological polar surface area (TPSA) is 67.2 Å². The number of nitrogens with one attached hydrogen (secondary N) is 1. The highest BCUT2D eigenvalue weighted by Gasteiger charge is 2.36. The SMILES string of the molecule is O=C(c1ccccc1)N1CC2CC(C1)c1ccc(NCc3cnc4ccccc4c3)c(=O)n1C2. The lowest BCUT2D eigenvalue weighted by atomic mass is 9.83. The van der Waals surface area contributed by atoms with Gasteiger partial charge in [0.2, 0.25) is 0 Å². The Balaban J connectivity index is 1.21. The molecule has 0 spiro atoms. The molecule has 2 bridgehead atoms. The van der Waals surface area contributed by atoms with E-state index in [0.717, 1.165) is 34.1 Å². The van der Waals surface area contributed by atoms with E-state index in [1.54, 1.807) is 0 Å². The van der Waals surface area contributed by atoms with Gasteiger partial charge in [-0.15, -0.1) is 0 Å². The number of carbonyl (C=O) groups excluding carboxylic acids is 1. The number of fused-ring (bicyclic) bond motifs is 5. The molecule has 2 aromatic carbocycles. The lowest BCUT2D eigenvalue weighted by Gasteiger charge is -2.43. The van der Waals surface area contributed by atoms with Crippen LogP contribution < -0.4 is 10.9 Å². The molecule has 0 saturated carbocycles. The maximum Gasteiger partial charge on any atom is 0.274 e. The number of likely N-dealkylation sites (tertiary alicyclic amines) is 1. The molecule has 1 N–H and O–H groups in total. The first-order valence-corrected chi connectivity index (χ1v) is 11.8. The van der Waals surface area contributed by atoms with E-state index in [2.05, 4.69) is 22.4 Å². The fraction of sp³-hybridized carbons (Fsp3) is 0.250. The van der Waals surface area contributed by atoms with Crippen LogP contribution in [-0.4, -0.2) is 33.4 Å². The van der Waals surface area contributed by atoms with Crippen LogP contribution in [0.3, 0.4) is 0 Å². The normalized spacial score (nSPS) is 19.0. The van der Waals surface area contributed by atoms with Crippen LogP contribution in [0, 0.1) is 5.92 Å². The quantitative estimate of drug-likeness (QED) is 0.504. The second-order valence-electron chi connectivity index (χ2n) is 9.35. The lowest BCUT2D eigenvalue weighted by molar-refractivity contribution is 0.0594. The molecule has 4 heterocycles. The largest absolute Gasteiger partial charge is 0.376 e. The first-order valence-electron chi connectivity index (χ1n) is 11.8. The van der Waals surface area contributed by atoms with E-state index in [9.17, 15) is 9.59 Å². The Morgan fingerprint density at radius 2 is 1.79 bits per heavy atom. The van der Waals surface area contributed by atoms with Crippen molar-refractivity contribution in [3.8, 4) is 0 Å². The fourth-order valence-corrected chi connectivity index (χ4v) is 5.42. The van der Waals surface area contributed by atoms with Crippen LogP contribution >= 0.6 is 0 Å². The Morgan fingerprint density at radius 1 is 0.971 bits per heavy atom. The molecule has 2 aliphatic heterocycles. The van der Waals surface area contributed by atoms with Gasteiger partial charge in [0.15, 0.2) is 0 Å². The summed E-state index contributed by atoms with van der Waals surface area (Å²) in [6.07, 6.45) is 2.88. The zero-order valence-electron chi connectivity index (χ0n) is 18.9. The van der Waals surface area contributed by atoms with Gasteiger partial charge in [0.1, 0.15) is 5.69 Å². The number of anilines is 1. The van der Waals surface area contributed by atoms with Crippen molar-refractivity contribution < 1.29 is 4.79 Å². The fourth-order valence-electron chi connectivity index (χ4n) is 5.42. The average Bonchev–Trinajstić information content (AvgIpc) is 2.88. The number of rotatable bonds is 4. The van der Waals surface area contributed by atoms with E-state index in [1.807, 2.05) is 76.3 Å². The van der Waals surface area contributed by atoms with Crippen LogP contribution in [0.5, 0.6) is 0 Å². The highest BCUT2D eigenvalue weighted by Crippen LogP contribution is 2.36. The van der Waals surface area contributed by atoms with Gasteiger partial charge in [-0.25, -0.2) is 0 Å². The maximum absolute atomic E-state index is 13.3. The molecule has 6 nitrogen and oxygen atoms in total. The van der Waals surface area contributed by atoms with Crippen LogP contribution in [0.15, 0.2) is 83.8 Å². The van der Waals surface area contributed by atoms with Gasteiger partial charge in [0.25, 0.3) is 11.5 Å². The third kappa shape index (κ3) is 3.75. The molecule has 1 amide bonds. The Bertz CT molecular complexity index is 1430. The van der Waals surface area contributed by atoms with Crippen molar-refractivity contribution in [3.63, 3.8) is 0 Å². The molecule has 2 atom stereocenters. The molecule has 0 aliphatic carbocycles. The zero-order chi connectivity index (χ0) is 23.1. The number of amides is 1. The highest BCUT2D eigenvalue weighted by molar-refractivity contribution is 5.94. The van der Waals surface area contributed by atoms with E-state index in [-0.39, 0.29) is 23.3 Å². The monoisotopic (exact) mass is 450 g/mol. The molecule has 34 heavy (non-hydrogen) atoms. The van der Waals surface area contributed by atoms with Crippen molar-refractivity contribution in [3.05, 3.63) is 106 Å². The van der Waals surface area contributed by atoms with Crippen molar-refractivity contribution in [1.29, 1.82) is 0 Å². The molecule has 1 fully saturated rings. The summed E-state index contributed by atoms with van der Waals surface area (Å²) < 4.78 is 1.92. The second kappa shape index (κ2) is 8.45. The minimum Gasteiger partial charge on any atom is -0.376 e. The van der Waals surface area contributed by atoms with Crippen molar-refractivity contribution in [2.75, 3.05) is 18.4 Å². The number of hydrogen-bond acceptors (Lipinski definition) is 4. The first-order chi connectivity index (χ1) is 16.7. The van der Waals surface area contributed by atoms with E-state index in [4.69, 9.17) is 0 Å². The number of carbonyl (C=O) groups is 1. The minimum absolute atomic E-state index is 0.0174. The predicted octanol–water partition coefficient (Wildman–Crippen LogP) is 4.27. The Morgan fingerprint density at radius 3 is 2.68 bits per heavy atom. The van der Waals surface area contributed by atoms with Crippen molar-refractivity contribution in [2.24, 2.45) is 5.92 Å². The van der Waals surface area contributed by atoms with Gasteiger partial charge in [0.05, 0.1) is 5.52 Å². The third-order valence-electron chi connectivity index (χ3n) is 7.04. The van der Waals surface area contributed by atoms with Gasteiger partial charge in [-0.2, -0.15) is 0 Å². The summed E-state index contributed by atoms with van der Waals surface area (Å²) in [6, 6.07) is 23.5. The number of pyridine rings is 2. The molecule has 2 aliphatic rings. The summed E-state index contributed by atoms with van der Waals surface area (Å²) in [5.41, 5.74) is 4.38. The van der Waals surface area contributed by atoms with Crippen LogP contribution in [-0.2, 0) is 13.1 Å². The Hall–Kier alpha value is -3.93. The van der Waals surface area contributed by atoms with Crippen molar-refractivity contribution >= 4 is 22.5 Å². The molecule has 6 heteroatoms. The average molecular weight is 451 g/mol. The summed E-state index contributed by atoms with van der Waals surface area (Å²) in [4.78, 5) is 32.8. The van der Waals surface area contributed by atoms with E-state index in [1.165, 1.54) is 0 Å². The highest BCUT2D eigenvalue weighted by atomic mass is 16.2. The van der Waals surface area contributed by atoms with Crippen LogP contribution in [0.2, 0.25) is 0 Å². The standard InChI is InChI=1S/C28H26N4O2/c33-27(21-6-2-1-3-7-21)31-16-20-13-23(18-31)26-11-10-25(28(34)32(26)17-20)30-15-19-12-22-8-4-5-9-24(22)29-14-19/h1-12,14,20,23,30H,13,15-18H2. The number of nitrogens with zero attached hydrogens (tertiary/aromatic N) is 3. The molecule has 1 saturated heterocycles. The Kier molecular flexibility index (Phi) is 5.13. The molecule has 6 rings (SSSR count). The number of aromatic nitrogens is 2. The van der Waals surface area contributed by atoms with Gasteiger partial charge < -0.3 is 14.8 Å². The van der Waals surface area contributed by atoms with E-state index < -0.39 is 0 Å². The van der Waals surface area contributed by atoms with Gasteiger partial charge in [-0.3, -0.25) is 14.6 Å². The van der Waals surface area contributed by atoms with Crippen molar-refractivity contribution in [2.45, 2.75) is 25.4 Å².